The molecule has 0 aromatic heterocycles. The molecule has 1 saturated heterocycles. The second kappa shape index (κ2) is 5.01. The Hall–Kier alpha value is -1.88. The van der Waals surface area contributed by atoms with E-state index in [1.165, 1.54) is 24.3 Å². The van der Waals surface area contributed by atoms with E-state index in [0.717, 1.165) is 6.42 Å². The third kappa shape index (κ3) is 3.12. The van der Waals surface area contributed by atoms with Gasteiger partial charge in [0.15, 0.2) is 0 Å². The highest BCUT2D eigenvalue weighted by Crippen LogP contribution is 2.21. The van der Waals surface area contributed by atoms with Crippen LogP contribution >= 0.6 is 0 Å². The first-order chi connectivity index (χ1) is 8.89. The zero-order valence-corrected chi connectivity index (χ0v) is 10.8. The number of benzene rings is 1. The molecule has 1 aromatic carbocycles. The summed E-state index contributed by atoms with van der Waals surface area (Å²) >= 11 is 0. The Morgan fingerprint density at radius 3 is 2.32 bits per heavy atom. The molecular weight excluding hydrogens is 246 g/mol. The van der Waals surface area contributed by atoms with Crippen molar-refractivity contribution in [2.24, 2.45) is 0 Å². The van der Waals surface area contributed by atoms with E-state index in [1.54, 1.807) is 11.8 Å². The Morgan fingerprint density at radius 2 is 1.79 bits per heavy atom. The van der Waals surface area contributed by atoms with E-state index in [2.05, 4.69) is 0 Å². The van der Waals surface area contributed by atoms with Crippen molar-refractivity contribution >= 4 is 11.9 Å². The molecule has 1 unspecified atom stereocenters. The summed E-state index contributed by atoms with van der Waals surface area (Å²) in [7, 11) is 0. The monoisotopic (exact) mass is 263 g/mol. The maximum atomic E-state index is 12.2. The third-order valence-corrected chi connectivity index (χ3v) is 3.34. The number of aliphatic hydroxyl groups is 1. The number of rotatable bonds is 2. The Labute approximate surface area is 111 Å². The van der Waals surface area contributed by atoms with Gasteiger partial charge in [0.2, 0.25) is 0 Å². The quantitative estimate of drug-likeness (QED) is 0.844. The molecule has 5 heteroatoms. The van der Waals surface area contributed by atoms with Crippen molar-refractivity contribution in [3.8, 4) is 0 Å². The highest BCUT2D eigenvalue weighted by Gasteiger charge is 2.31. The number of nitrogens with zero attached hydrogens (tertiary/aromatic N) is 1. The average molecular weight is 263 g/mol. The molecule has 1 aromatic rings. The van der Waals surface area contributed by atoms with Gasteiger partial charge in [-0.2, -0.15) is 0 Å². The normalized spacial score (nSPS) is 23.2. The van der Waals surface area contributed by atoms with E-state index in [4.69, 9.17) is 5.11 Å². The summed E-state index contributed by atoms with van der Waals surface area (Å²) in [5.41, 5.74) is -0.237. The zero-order valence-electron chi connectivity index (χ0n) is 10.8. The van der Waals surface area contributed by atoms with Gasteiger partial charge in [0.05, 0.1) is 11.2 Å². The highest BCUT2D eigenvalue weighted by molar-refractivity contribution is 5.96. The number of β-amino-alcohol motifs (C(OH)–C–C–N with tert-alkyl or cyclic N) is 1. The number of hydrogen-bond donors (Lipinski definition) is 2. The first-order valence-corrected chi connectivity index (χ1v) is 6.24. The molecule has 1 heterocycles. The molecule has 5 nitrogen and oxygen atoms in total. The smallest absolute Gasteiger partial charge is 0.335 e. The largest absolute Gasteiger partial charge is 0.478 e. The lowest BCUT2D eigenvalue weighted by atomic mass is 9.94. The minimum atomic E-state index is -1.01. The molecule has 0 spiro atoms. The predicted molar refractivity (Wildman–Crippen MR) is 69.2 cm³/mol. The molecule has 1 aliphatic rings. The molecule has 1 aliphatic heterocycles. The van der Waals surface area contributed by atoms with Crippen molar-refractivity contribution in [1.29, 1.82) is 0 Å². The fraction of sp³-hybridized carbons (Fsp3) is 0.429. The lowest BCUT2D eigenvalue weighted by molar-refractivity contribution is -0.0107. The summed E-state index contributed by atoms with van der Waals surface area (Å²) in [4.78, 5) is 24.6. The van der Waals surface area contributed by atoms with E-state index in [1.807, 2.05) is 0 Å². The maximum absolute atomic E-state index is 12.2. The number of amides is 1. The van der Waals surface area contributed by atoms with Gasteiger partial charge in [-0.3, -0.25) is 4.79 Å². The van der Waals surface area contributed by atoms with Gasteiger partial charge >= 0.3 is 5.97 Å². The molecule has 2 N–H and O–H groups in total. The molecule has 102 valence electrons. The Kier molecular flexibility index (Phi) is 3.57. The second-order valence-corrected chi connectivity index (χ2v) is 5.21. The SMILES string of the molecule is CC1(O)CCCN(C(=O)c2ccc(C(=O)O)cc2)C1. The molecule has 1 atom stereocenters. The summed E-state index contributed by atoms with van der Waals surface area (Å²) in [5.74, 6) is -1.18. The van der Waals surface area contributed by atoms with Crippen LogP contribution in [0.3, 0.4) is 0 Å². The van der Waals surface area contributed by atoms with Crippen LogP contribution in [-0.4, -0.2) is 45.7 Å². The van der Waals surface area contributed by atoms with Crippen LogP contribution in [0.1, 0.15) is 40.5 Å². The molecule has 0 saturated carbocycles. The lowest BCUT2D eigenvalue weighted by Gasteiger charge is -2.36. The van der Waals surface area contributed by atoms with Crippen molar-refractivity contribution in [3.63, 3.8) is 0 Å². The van der Waals surface area contributed by atoms with Gasteiger partial charge in [0, 0.05) is 18.7 Å². The topological polar surface area (TPSA) is 77.8 Å². The minimum absolute atomic E-state index is 0.155. The molecule has 0 bridgehead atoms. The van der Waals surface area contributed by atoms with Gasteiger partial charge in [-0.25, -0.2) is 4.79 Å². The van der Waals surface area contributed by atoms with Gasteiger partial charge in [0.25, 0.3) is 5.91 Å². The molecule has 1 fully saturated rings. The summed E-state index contributed by atoms with van der Waals surface area (Å²) in [5, 5.41) is 18.8. The summed E-state index contributed by atoms with van der Waals surface area (Å²) < 4.78 is 0. The number of carbonyl (C=O) groups excluding carboxylic acids is 1. The van der Waals surface area contributed by atoms with E-state index in [9.17, 15) is 14.7 Å². The minimum Gasteiger partial charge on any atom is -0.478 e. The first-order valence-electron chi connectivity index (χ1n) is 6.24. The van der Waals surface area contributed by atoms with Crippen LogP contribution in [0.25, 0.3) is 0 Å². The molecule has 1 amide bonds. The van der Waals surface area contributed by atoms with Gasteiger partial charge in [-0.15, -0.1) is 0 Å². The van der Waals surface area contributed by atoms with Crippen LogP contribution in [0.2, 0.25) is 0 Å². The summed E-state index contributed by atoms with van der Waals surface area (Å²) in [6.45, 7) is 2.65. The van der Waals surface area contributed by atoms with Crippen molar-refractivity contribution in [3.05, 3.63) is 35.4 Å². The Morgan fingerprint density at radius 1 is 1.21 bits per heavy atom. The van der Waals surface area contributed by atoms with Crippen LogP contribution in [-0.2, 0) is 0 Å². The van der Waals surface area contributed by atoms with Crippen molar-refractivity contribution < 1.29 is 19.8 Å². The van der Waals surface area contributed by atoms with Crippen LogP contribution in [0.4, 0.5) is 0 Å². The van der Waals surface area contributed by atoms with E-state index >= 15 is 0 Å². The number of carboxylic acids is 1. The van der Waals surface area contributed by atoms with Gasteiger partial charge in [-0.05, 0) is 44.0 Å². The van der Waals surface area contributed by atoms with Crippen LogP contribution in [0.5, 0.6) is 0 Å². The summed E-state index contributed by atoms with van der Waals surface area (Å²) in [6, 6.07) is 5.85. The van der Waals surface area contributed by atoms with E-state index in [-0.39, 0.29) is 11.5 Å². The number of likely N-dealkylation sites (tertiary alicyclic amines) is 1. The van der Waals surface area contributed by atoms with Crippen LogP contribution in [0.15, 0.2) is 24.3 Å². The molecule has 0 aliphatic carbocycles. The summed E-state index contributed by atoms with van der Waals surface area (Å²) in [6.07, 6.45) is 1.46. The van der Waals surface area contributed by atoms with Gasteiger partial charge in [-0.1, -0.05) is 0 Å². The molecule has 0 radical (unpaired) electrons. The zero-order chi connectivity index (χ0) is 14.0. The fourth-order valence-corrected chi connectivity index (χ4v) is 2.33. The number of piperidine rings is 1. The highest BCUT2D eigenvalue weighted by atomic mass is 16.4. The predicted octanol–water partition coefficient (Wildman–Crippen LogP) is 1.37. The number of aromatic carboxylic acids is 1. The van der Waals surface area contributed by atoms with Crippen molar-refractivity contribution in [2.45, 2.75) is 25.4 Å². The van der Waals surface area contributed by atoms with Gasteiger partial charge in [0.1, 0.15) is 0 Å². The number of carboxylic acid groups (broad SMARTS) is 1. The average Bonchev–Trinajstić information content (AvgIpc) is 2.37. The van der Waals surface area contributed by atoms with Crippen LogP contribution in [0, 0.1) is 0 Å². The van der Waals surface area contributed by atoms with E-state index in [0.29, 0.717) is 25.1 Å². The molecular formula is C14H17NO4. The Balaban J connectivity index is 2.13. The van der Waals surface area contributed by atoms with Crippen molar-refractivity contribution in [1.82, 2.24) is 4.90 Å². The maximum Gasteiger partial charge on any atom is 0.335 e. The standard InChI is InChI=1S/C14H17NO4/c1-14(19)7-2-8-15(9-14)12(16)10-3-5-11(6-4-10)13(17)18/h3-6,19H,2,7-9H2,1H3,(H,17,18). The van der Waals surface area contributed by atoms with Crippen molar-refractivity contribution in [2.75, 3.05) is 13.1 Å². The third-order valence-electron chi connectivity index (χ3n) is 3.34. The molecule has 2 rings (SSSR count). The second-order valence-electron chi connectivity index (χ2n) is 5.21. The first kappa shape index (κ1) is 13.5. The lowest BCUT2D eigenvalue weighted by Crippen LogP contribution is -2.48. The number of carbonyl (C=O) groups is 2. The fourth-order valence-electron chi connectivity index (χ4n) is 2.33. The number of hydrogen-bond acceptors (Lipinski definition) is 3. The van der Waals surface area contributed by atoms with Gasteiger partial charge < -0.3 is 15.1 Å². The Bertz CT molecular complexity index is 493. The van der Waals surface area contributed by atoms with E-state index < -0.39 is 11.6 Å². The van der Waals surface area contributed by atoms with Crippen LogP contribution < -0.4 is 0 Å². The molecule has 19 heavy (non-hydrogen) atoms.